The number of fused-ring (bicyclic) bond motifs is 1. The molecule has 1 aliphatic heterocycles. The van der Waals surface area contributed by atoms with E-state index in [9.17, 15) is 12.8 Å². The van der Waals surface area contributed by atoms with E-state index >= 15 is 0 Å². The molecule has 22 heavy (non-hydrogen) atoms. The molecule has 2 aromatic rings. The molecule has 3 heterocycles. The van der Waals surface area contributed by atoms with Gasteiger partial charge in [-0.25, -0.2) is 19.3 Å². The van der Waals surface area contributed by atoms with Gasteiger partial charge in [0.05, 0.1) is 18.6 Å². The van der Waals surface area contributed by atoms with Crippen molar-refractivity contribution in [2.24, 2.45) is 0 Å². The fourth-order valence-corrected chi connectivity index (χ4v) is 2.77. The van der Waals surface area contributed by atoms with Crippen LogP contribution in [-0.2, 0) is 14.9 Å². The quantitative estimate of drug-likeness (QED) is 0.728. The van der Waals surface area contributed by atoms with Crippen LogP contribution in [-0.4, -0.2) is 57.2 Å². The first-order valence-corrected chi connectivity index (χ1v) is 8.13. The van der Waals surface area contributed by atoms with Gasteiger partial charge in [0.2, 0.25) is 0 Å². The lowest BCUT2D eigenvalue weighted by Crippen LogP contribution is -2.31. The largest absolute Gasteiger partial charge is 0.350 e. The highest BCUT2D eigenvalue weighted by Gasteiger charge is 2.37. The van der Waals surface area contributed by atoms with Gasteiger partial charge < -0.3 is 4.74 Å². The van der Waals surface area contributed by atoms with Crippen molar-refractivity contribution in [1.29, 1.82) is 0 Å². The van der Waals surface area contributed by atoms with Crippen LogP contribution in [0.25, 0.3) is 11.2 Å². The number of ether oxygens (including phenoxy) is 1. The first kappa shape index (κ1) is 15.2. The highest BCUT2D eigenvalue weighted by Crippen LogP contribution is 2.32. The number of rotatable bonds is 5. The van der Waals surface area contributed by atoms with Crippen LogP contribution in [0.1, 0.15) is 12.6 Å². The van der Waals surface area contributed by atoms with Crippen LogP contribution < -0.4 is 5.32 Å². The van der Waals surface area contributed by atoms with E-state index in [4.69, 9.17) is 9.29 Å². The van der Waals surface area contributed by atoms with Gasteiger partial charge in [-0.2, -0.15) is 8.42 Å². The highest BCUT2D eigenvalue weighted by atomic mass is 32.2. The van der Waals surface area contributed by atoms with Crippen LogP contribution in [0.5, 0.6) is 0 Å². The third-order valence-electron chi connectivity index (χ3n) is 3.30. The van der Waals surface area contributed by atoms with Crippen molar-refractivity contribution in [3.05, 3.63) is 18.9 Å². The van der Waals surface area contributed by atoms with Crippen LogP contribution in [0.15, 0.2) is 18.9 Å². The van der Waals surface area contributed by atoms with Gasteiger partial charge >= 0.3 is 0 Å². The maximum absolute atomic E-state index is 14.2. The Balaban J connectivity index is 1.68. The molecular weight excluding hydrogens is 317 g/mol. The molecule has 1 aliphatic rings. The van der Waals surface area contributed by atoms with Crippen molar-refractivity contribution < 1.29 is 22.1 Å². The molecule has 0 unspecified atom stereocenters. The fraction of sp³-hybridized carbons (Fsp3) is 0.545. The normalized spacial score (nSPS) is 25.8. The van der Waals surface area contributed by atoms with E-state index in [-0.39, 0.29) is 13.0 Å². The summed E-state index contributed by atoms with van der Waals surface area (Å²) in [7, 11) is -4.11. The SMILES string of the molecule is O=S(=O)(O)CNC[C@@H]1C[C@@H](F)[C@H](n2cnc3cncnc32)O1. The molecule has 3 atom stereocenters. The van der Waals surface area contributed by atoms with E-state index in [2.05, 4.69) is 20.3 Å². The Morgan fingerprint density at radius 1 is 1.50 bits per heavy atom. The zero-order valence-electron chi connectivity index (χ0n) is 11.3. The first-order valence-electron chi connectivity index (χ1n) is 6.52. The molecule has 9 nitrogen and oxygen atoms in total. The lowest BCUT2D eigenvalue weighted by Gasteiger charge is -2.16. The summed E-state index contributed by atoms with van der Waals surface area (Å²) in [4.78, 5) is 12.0. The van der Waals surface area contributed by atoms with Crippen LogP contribution in [0.3, 0.4) is 0 Å². The minimum Gasteiger partial charge on any atom is -0.350 e. The Labute approximate surface area is 125 Å². The van der Waals surface area contributed by atoms with Crippen molar-refractivity contribution in [3.8, 4) is 0 Å². The minimum atomic E-state index is -4.11. The number of imidazole rings is 1. The number of alkyl halides is 1. The van der Waals surface area contributed by atoms with Crippen LogP contribution in [0.4, 0.5) is 4.39 Å². The second kappa shape index (κ2) is 5.83. The summed E-state index contributed by atoms with van der Waals surface area (Å²) in [6.07, 6.45) is 1.74. The highest BCUT2D eigenvalue weighted by molar-refractivity contribution is 7.85. The van der Waals surface area contributed by atoms with Gasteiger partial charge in [-0.15, -0.1) is 0 Å². The maximum atomic E-state index is 14.2. The number of aromatic nitrogens is 4. The lowest BCUT2D eigenvalue weighted by atomic mass is 10.2. The predicted molar refractivity (Wildman–Crippen MR) is 73.2 cm³/mol. The molecule has 2 N–H and O–H groups in total. The molecule has 0 aromatic carbocycles. The zero-order valence-corrected chi connectivity index (χ0v) is 12.1. The first-order chi connectivity index (χ1) is 10.4. The molecule has 1 saturated heterocycles. The van der Waals surface area contributed by atoms with E-state index in [1.165, 1.54) is 23.4 Å². The molecule has 2 aromatic heterocycles. The molecule has 1 fully saturated rings. The Kier molecular flexibility index (Phi) is 4.04. The van der Waals surface area contributed by atoms with Gasteiger partial charge in [0.1, 0.15) is 23.9 Å². The minimum absolute atomic E-state index is 0.105. The Morgan fingerprint density at radius 2 is 2.32 bits per heavy atom. The molecule has 11 heteroatoms. The summed E-state index contributed by atoms with van der Waals surface area (Å²) in [5.41, 5.74) is 1.00. The van der Waals surface area contributed by atoms with E-state index in [1.54, 1.807) is 0 Å². The fourth-order valence-electron chi connectivity index (χ4n) is 2.40. The van der Waals surface area contributed by atoms with Gasteiger partial charge in [-0.1, -0.05) is 0 Å². The summed E-state index contributed by atoms with van der Waals surface area (Å²) in [6, 6.07) is 0. The number of nitrogens with zero attached hydrogens (tertiary/aromatic N) is 4. The standard InChI is InChI=1S/C11H14FN5O4S/c12-8-1-7(2-14-6-22(18,19)20)21-11(8)17-5-16-9-3-13-4-15-10(9)17/h3-5,7-8,11,14H,1-2,6H2,(H,18,19,20)/t7-,8+,11+/m0/s1. The van der Waals surface area contributed by atoms with Gasteiger partial charge in [0.15, 0.2) is 11.9 Å². The van der Waals surface area contributed by atoms with E-state index in [1.807, 2.05) is 0 Å². The van der Waals surface area contributed by atoms with Crippen molar-refractivity contribution >= 4 is 21.3 Å². The second-order valence-electron chi connectivity index (χ2n) is 4.96. The molecule has 0 spiro atoms. The number of nitrogens with one attached hydrogen (secondary N) is 1. The smallest absolute Gasteiger partial charge is 0.278 e. The predicted octanol–water partition coefficient (Wildman–Crippen LogP) is -0.113. The lowest BCUT2D eigenvalue weighted by molar-refractivity contribution is -0.0151. The number of hydrogen-bond acceptors (Lipinski definition) is 7. The van der Waals surface area contributed by atoms with Crippen molar-refractivity contribution in [2.45, 2.75) is 24.9 Å². The summed E-state index contributed by atoms with van der Waals surface area (Å²) in [6.45, 7) is 0.109. The van der Waals surface area contributed by atoms with Gasteiger partial charge in [0.25, 0.3) is 10.1 Å². The molecular formula is C11H14FN5O4S. The summed E-state index contributed by atoms with van der Waals surface area (Å²) < 4.78 is 51.1. The van der Waals surface area contributed by atoms with E-state index in [0.29, 0.717) is 11.2 Å². The van der Waals surface area contributed by atoms with Crippen LogP contribution >= 0.6 is 0 Å². The van der Waals surface area contributed by atoms with Gasteiger partial charge in [-0.3, -0.25) is 14.4 Å². The number of hydrogen-bond donors (Lipinski definition) is 2. The van der Waals surface area contributed by atoms with Crippen molar-refractivity contribution in [2.75, 3.05) is 12.4 Å². The van der Waals surface area contributed by atoms with Crippen molar-refractivity contribution in [1.82, 2.24) is 24.8 Å². The molecule has 0 bridgehead atoms. The maximum Gasteiger partial charge on any atom is 0.278 e. The molecule has 0 radical (unpaired) electrons. The van der Waals surface area contributed by atoms with E-state index < -0.39 is 34.5 Å². The molecule has 0 saturated carbocycles. The van der Waals surface area contributed by atoms with Gasteiger partial charge in [-0.05, 0) is 0 Å². The summed E-state index contributed by atoms with van der Waals surface area (Å²) in [5.74, 6) is -0.601. The second-order valence-corrected chi connectivity index (χ2v) is 6.42. The van der Waals surface area contributed by atoms with Crippen LogP contribution in [0, 0.1) is 0 Å². The molecule has 0 aliphatic carbocycles. The molecule has 3 rings (SSSR count). The third kappa shape index (κ3) is 3.21. The Hall–Kier alpha value is -1.69. The van der Waals surface area contributed by atoms with E-state index in [0.717, 1.165) is 0 Å². The van der Waals surface area contributed by atoms with Gasteiger partial charge in [0, 0.05) is 13.0 Å². The Morgan fingerprint density at radius 3 is 3.09 bits per heavy atom. The average molecular weight is 331 g/mol. The number of halogens is 1. The summed E-state index contributed by atoms with van der Waals surface area (Å²) in [5, 5.41) is 2.51. The average Bonchev–Trinajstić information content (AvgIpc) is 3.01. The molecule has 0 amide bonds. The third-order valence-corrected chi connectivity index (χ3v) is 3.87. The van der Waals surface area contributed by atoms with Crippen molar-refractivity contribution in [3.63, 3.8) is 0 Å². The van der Waals surface area contributed by atoms with Crippen LogP contribution in [0.2, 0.25) is 0 Å². The monoisotopic (exact) mass is 331 g/mol. The topological polar surface area (TPSA) is 119 Å². The Bertz CT molecular complexity index is 767. The zero-order chi connectivity index (χ0) is 15.7. The summed E-state index contributed by atoms with van der Waals surface area (Å²) >= 11 is 0. The molecule has 120 valence electrons.